The minimum Gasteiger partial charge on any atom is -0.493 e. The molecule has 0 unspecified atom stereocenters. The Balaban J connectivity index is 2.16. The topological polar surface area (TPSA) is 56.8 Å². The summed E-state index contributed by atoms with van der Waals surface area (Å²) in [6, 6.07) is 10.5. The lowest BCUT2D eigenvalue weighted by Gasteiger charge is -2.14. The van der Waals surface area contributed by atoms with Crippen molar-refractivity contribution in [3.63, 3.8) is 0 Å². The smallest absolute Gasteiger partial charge is 0.251 e. The summed E-state index contributed by atoms with van der Waals surface area (Å²) in [6.07, 6.45) is 0. The number of hydrogen-bond acceptors (Lipinski definition) is 4. The zero-order valence-electron chi connectivity index (χ0n) is 13.2. The van der Waals surface area contributed by atoms with E-state index in [1.165, 1.54) is 21.3 Å². The van der Waals surface area contributed by atoms with Gasteiger partial charge in [-0.1, -0.05) is 23.7 Å². The maximum Gasteiger partial charge on any atom is 0.251 e. The highest BCUT2D eigenvalue weighted by atomic mass is 35.5. The van der Waals surface area contributed by atoms with Crippen molar-refractivity contribution in [3.05, 3.63) is 52.5 Å². The summed E-state index contributed by atoms with van der Waals surface area (Å²) in [6.45, 7) is 0.395. The van der Waals surface area contributed by atoms with Crippen LogP contribution in [0.15, 0.2) is 36.4 Å². The molecule has 0 saturated carbocycles. The normalized spacial score (nSPS) is 10.1. The van der Waals surface area contributed by atoms with Crippen molar-refractivity contribution in [1.29, 1.82) is 0 Å². The van der Waals surface area contributed by atoms with Gasteiger partial charge in [0.1, 0.15) is 0 Å². The molecule has 0 spiro atoms. The first-order valence-electron chi connectivity index (χ1n) is 6.91. The standard InChI is InChI=1S/C17H18ClNO4/c1-21-14-8-12(9-15(22-2)16(14)23-3)17(20)19-10-11-4-6-13(18)7-5-11/h4-9H,10H2,1-3H3,(H,19,20). The summed E-state index contributed by atoms with van der Waals surface area (Å²) in [5.74, 6) is 1.08. The zero-order valence-corrected chi connectivity index (χ0v) is 13.9. The summed E-state index contributed by atoms with van der Waals surface area (Å²) in [7, 11) is 4.53. The molecule has 2 aromatic rings. The second-order valence-corrected chi connectivity index (χ2v) is 5.16. The van der Waals surface area contributed by atoms with Crippen LogP contribution < -0.4 is 19.5 Å². The molecule has 0 aliphatic carbocycles. The van der Waals surface area contributed by atoms with Crippen LogP contribution in [0.25, 0.3) is 0 Å². The Labute approximate surface area is 140 Å². The van der Waals surface area contributed by atoms with Crippen molar-refractivity contribution in [2.75, 3.05) is 21.3 Å². The second kappa shape index (κ2) is 7.74. The van der Waals surface area contributed by atoms with Gasteiger partial charge in [0.05, 0.1) is 21.3 Å². The molecule has 5 nitrogen and oxygen atoms in total. The maximum atomic E-state index is 12.3. The Bertz CT molecular complexity index is 660. The summed E-state index contributed by atoms with van der Waals surface area (Å²) >= 11 is 5.84. The van der Waals surface area contributed by atoms with E-state index in [1.54, 1.807) is 24.3 Å². The third-order valence-corrected chi connectivity index (χ3v) is 3.55. The first kappa shape index (κ1) is 17.0. The van der Waals surface area contributed by atoms with Gasteiger partial charge in [-0.15, -0.1) is 0 Å². The van der Waals surface area contributed by atoms with E-state index in [9.17, 15) is 4.79 Å². The van der Waals surface area contributed by atoms with E-state index in [4.69, 9.17) is 25.8 Å². The lowest BCUT2D eigenvalue weighted by Crippen LogP contribution is -2.22. The molecule has 122 valence electrons. The highest BCUT2D eigenvalue weighted by molar-refractivity contribution is 6.30. The molecule has 0 aliphatic heterocycles. The molecule has 0 aromatic heterocycles. The third-order valence-electron chi connectivity index (χ3n) is 3.29. The molecule has 0 radical (unpaired) electrons. The van der Waals surface area contributed by atoms with E-state index in [2.05, 4.69) is 5.32 Å². The Hall–Kier alpha value is -2.40. The van der Waals surface area contributed by atoms with Crippen molar-refractivity contribution in [3.8, 4) is 17.2 Å². The Morgan fingerprint density at radius 3 is 2.04 bits per heavy atom. The van der Waals surface area contributed by atoms with E-state index < -0.39 is 0 Å². The van der Waals surface area contributed by atoms with Gasteiger partial charge in [0.15, 0.2) is 11.5 Å². The van der Waals surface area contributed by atoms with E-state index in [0.29, 0.717) is 34.4 Å². The van der Waals surface area contributed by atoms with Crippen molar-refractivity contribution in [2.24, 2.45) is 0 Å². The van der Waals surface area contributed by atoms with Gasteiger partial charge in [-0.3, -0.25) is 4.79 Å². The Morgan fingerprint density at radius 1 is 1.00 bits per heavy atom. The number of nitrogens with one attached hydrogen (secondary N) is 1. The van der Waals surface area contributed by atoms with Gasteiger partial charge in [0.25, 0.3) is 5.91 Å². The second-order valence-electron chi connectivity index (χ2n) is 4.72. The highest BCUT2D eigenvalue weighted by Gasteiger charge is 2.16. The molecule has 2 aromatic carbocycles. The van der Waals surface area contributed by atoms with E-state index in [1.807, 2.05) is 12.1 Å². The lowest BCUT2D eigenvalue weighted by atomic mass is 10.1. The number of methoxy groups -OCH3 is 3. The van der Waals surface area contributed by atoms with Crippen molar-refractivity contribution in [1.82, 2.24) is 5.32 Å². The summed E-state index contributed by atoms with van der Waals surface area (Å²) in [4.78, 5) is 12.3. The number of hydrogen-bond donors (Lipinski definition) is 1. The molecule has 0 heterocycles. The maximum absolute atomic E-state index is 12.3. The van der Waals surface area contributed by atoms with Gasteiger partial charge in [-0.05, 0) is 29.8 Å². The molecule has 1 N–H and O–H groups in total. The van der Waals surface area contributed by atoms with Gasteiger partial charge >= 0.3 is 0 Å². The molecule has 6 heteroatoms. The van der Waals surface area contributed by atoms with Crippen LogP contribution in [0.4, 0.5) is 0 Å². The molecule has 1 amide bonds. The minimum atomic E-state index is -0.237. The molecule has 0 saturated heterocycles. The number of halogens is 1. The quantitative estimate of drug-likeness (QED) is 0.880. The van der Waals surface area contributed by atoms with Crippen molar-refractivity contribution in [2.45, 2.75) is 6.54 Å². The zero-order chi connectivity index (χ0) is 16.8. The summed E-state index contributed by atoms with van der Waals surface area (Å²) in [5.41, 5.74) is 1.38. The van der Waals surface area contributed by atoms with Crippen LogP contribution in [0, 0.1) is 0 Å². The fourth-order valence-corrected chi connectivity index (χ4v) is 2.22. The number of carbonyl (C=O) groups is 1. The van der Waals surface area contributed by atoms with Gasteiger partial charge in [-0.25, -0.2) is 0 Å². The van der Waals surface area contributed by atoms with Crippen LogP contribution in [-0.4, -0.2) is 27.2 Å². The number of rotatable bonds is 6. The van der Waals surface area contributed by atoms with E-state index in [-0.39, 0.29) is 5.91 Å². The van der Waals surface area contributed by atoms with Crippen molar-refractivity contribution >= 4 is 17.5 Å². The summed E-state index contributed by atoms with van der Waals surface area (Å²) < 4.78 is 15.7. The molecular formula is C17H18ClNO4. The molecule has 0 aliphatic rings. The highest BCUT2D eigenvalue weighted by Crippen LogP contribution is 2.38. The largest absolute Gasteiger partial charge is 0.493 e. The van der Waals surface area contributed by atoms with E-state index in [0.717, 1.165) is 5.56 Å². The van der Waals surface area contributed by atoms with Gasteiger partial charge in [0.2, 0.25) is 5.75 Å². The number of carbonyl (C=O) groups excluding carboxylic acids is 1. The number of amides is 1. The predicted octanol–water partition coefficient (Wildman–Crippen LogP) is 3.30. The average molecular weight is 336 g/mol. The van der Waals surface area contributed by atoms with Crippen LogP contribution in [0.1, 0.15) is 15.9 Å². The molecule has 0 bridgehead atoms. The molecule has 23 heavy (non-hydrogen) atoms. The summed E-state index contributed by atoms with van der Waals surface area (Å²) in [5, 5.41) is 3.50. The number of ether oxygens (including phenoxy) is 3. The molecule has 0 fully saturated rings. The van der Waals surface area contributed by atoms with Gasteiger partial charge < -0.3 is 19.5 Å². The van der Waals surface area contributed by atoms with Crippen molar-refractivity contribution < 1.29 is 19.0 Å². The average Bonchev–Trinajstić information content (AvgIpc) is 2.59. The van der Waals surface area contributed by atoms with Crippen LogP contribution in [0.5, 0.6) is 17.2 Å². The SMILES string of the molecule is COc1cc(C(=O)NCc2ccc(Cl)cc2)cc(OC)c1OC. The predicted molar refractivity (Wildman–Crippen MR) is 88.7 cm³/mol. The van der Waals surface area contributed by atoms with E-state index >= 15 is 0 Å². The van der Waals surface area contributed by atoms with Crippen LogP contribution >= 0.6 is 11.6 Å². The van der Waals surface area contributed by atoms with Gasteiger partial charge in [0, 0.05) is 17.1 Å². The van der Waals surface area contributed by atoms with Gasteiger partial charge in [-0.2, -0.15) is 0 Å². The molecule has 0 atom stereocenters. The monoisotopic (exact) mass is 335 g/mol. The number of benzene rings is 2. The van der Waals surface area contributed by atoms with Crippen LogP contribution in [-0.2, 0) is 6.54 Å². The molecule has 2 rings (SSSR count). The Morgan fingerprint density at radius 2 is 1.57 bits per heavy atom. The third kappa shape index (κ3) is 4.07. The van der Waals surface area contributed by atoms with Crippen LogP contribution in [0.2, 0.25) is 5.02 Å². The first-order chi connectivity index (χ1) is 11.1. The lowest BCUT2D eigenvalue weighted by molar-refractivity contribution is 0.0950. The van der Waals surface area contributed by atoms with Crippen LogP contribution in [0.3, 0.4) is 0 Å². The minimum absolute atomic E-state index is 0.237. The fraction of sp³-hybridized carbons (Fsp3) is 0.235. The fourth-order valence-electron chi connectivity index (χ4n) is 2.10. The Kier molecular flexibility index (Phi) is 5.71. The molecular weight excluding hydrogens is 318 g/mol. The first-order valence-corrected chi connectivity index (χ1v) is 7.29.